The molecule has 2 aromatic carbocycles. The van der Waals surface area contributed by atoms with Crippen molar-refractivity contribution in [2.24, 2.45) is 4.99 Å². The predicted octanol–water partition coefficient (Wildman–Crippen LogP) is 2.95. The van der Waals surface area contributed by atoms with Gasteiger partial charge in [-0.15, -0.1) is 0 Å². The first-order chi connectivity index (χ1) is 12.5. The fourth-order valence-corrected chi connectivity index (χ4v) is 2.41. The van der Waals surface area contributed by atoms with Crippen LogP contribution < -0.4 is 10.6 Å². The van der Waals surface area contributed by atoms with Crippen LogP contribution in [0, 0.1) is 6.92 Å². The molecule has 0 saturated carbocycles. The summed E-state index contributed by atoms with van der Waals surface area (Å²) in [5.74, 6) is 0.787. The molecule has 2 N–H and O–H groups in total. The molecule has 0 aromatic heterocycles. The molecule has 0 aliphatic rings. The van der Waals surface area contributed by atoms with Crippen molar-refractivity contribution >= 4 is 11.9 Å². The molecule has 0 aliphatic heterocycles. The van der Waals surface area contributed by atoms with Crippen molar-refractivity contribution in [3.8, 4) is 0 Å². The summed E-state index contributed by atoms with van der Waals surface area (Å²) in [4.78, 5) is 18.1. The molecule has 0 spiro atoms. The molecular weight excluding hydrogens is 324 g/mol. The zero-order chi connectivity index (χ0) is 18.9. The van der Waals surface area contributed by atoms with E-state index in [1.165, 1.54) is 11.1 Å². The molecular formula is C21H28N4O. The second kappa shape index (κ2) is 9.61. The maximum atomic E-state index is 11.9. The highest BCUT2D eigenvalue weighted by Crippen LogP contribution is 2.08. The lowest BCUT2D eigenvalue weighted by molar-refractivity contribution is 0.0827. The van der Waals surface area contributed by atoms with E-state index in [0.717, 1.165) is 24.6 Å². The third kappa shape index (κ3) is 5.92. The Morgan fingerprint density at radius 1 is 0.962 bits per heavy atom. The van der Waals surface area contributed by atoms with Crippen molar-refractivity contribution in [1.29, 1.82) is 0 Å². The van der Waals surface area contributed by atoms with Gasteiger partial charge in [0.25, 0.3) is 5.91 Å². The second-order valence-electron chi connectivity index (χ2n) is 6.43. The van der Waals surface area contributed by atoms with E-state index in [-0.39, 0.29) is 5.91 Å². The number of rotatable bonds is 6. The molecule has 5 heteroatoms. The van der Waals surface area contributed by atoms with Gasteiger partial charge in [0.2, 0.25) is 0 Å². The number of guanidine groups is 1. The Bertz CT molecular complexity index is 734. The molecule has 2 rings (SSSR count). The van der Waals surface area contributed by atoms with Gasteiger partial charge in [-0.25, -0.2) is 4.99 Å². The molecule has 0 heterocycles. The van der Waals surface area contributed by atoms with E-state index in [4.69, 9.17) is 0 Å². The van der Waals surface area contributed by atoms with Crippen molar-refractivity contribution in [2.75, 3.05) is 20.6 Å². The highest BCUT2D eigenvalue weighted by Gasteiger charge is 2.07. The fourth-order valence-electron chi connectivity index (χ4n) is 2.41. The largest absolute Gasteiger partial charge is 0.357 e. The first kappa shape index (κ1) is 19.5. The smallest absolute Gasteiger partial charge is 0.253 e. The summed E-state index contributed by atoms with van der Waals surface area (Å²) in [6.07, 6.45) is 0. The number of carbonyl (C=O) groups is 1. The van der Waals surface area contributed by atoms with Gasteiger partial charge in [0.1, 0.15) is 0 Å². The zero-order valence-electron chi connectivity index (χ0n) is 16.0. The Hall–Kier alpha value is -2.82. The Kier molecular flexibility index (Phi) is 7.21. The van der Waals surface area contributed by atoms with Crippen LogP contribution in [-0.4, -0.2) is 37.4 Å². The first-order valence-corrected chi connectivity index (χ1v) is 8.88. The summed E-state index contributed by atoms with van der Waals surface area (Å²) >= 11 is 0. The van der Waals surface area contributed by atoms with E-state index < -0.39 is 0 Å². The van der Waals surface area contributed by atoms with Gasteiger partial charge in [-0.2, -0.15) is 0 Å². The van der Waals surface area contributed by atoms with E-state index in [1.807, 2.05) is 31.2 Å². The molecule has 0 bridgehead atoms. The van der Waals surface area contributed by atoms with Gasteiger partial charge < -0.3 is 15.5 Å². The van der Waals surface area contributed by atoms with Gasteiger partial charge in [0.05, 0.1) is 6.54 Å². The monoisotopic (exact) mass is 352 g/mol. The van der Waals surface area contributed by atoms with Gasteiger partial charge in [-0.3, -0.25) is 4.79 Å². The maximum Gasteiger partial charge on any atom is 0.253 e. The lowest BCUT2D eigenvalue weighted by Crippen LogP contribution is -2.36. The van der Waals surface area contributed by atoms with Crippen molar-refractivity contribution in [2.45, 2.75) is 26.9 Å². The number of nitrogens with zero attached hydrogens (tertiary/aromatic N) is 2. The minimum Gasteiger partial charge on any atom is -0.357 e. The number of benzene rings is 2. The van der Waals surface area contributed by atoms with Crippen molar-refractivity contribution in [1.82, 2.24) is 15.5 Å². The quantitative estimate of drug-likeness (QED) is 0.621. The van der Waals surface area contributed by atoms with Crippen molar-refractivity contribution in [3.05, 3.63) is 70.8 Å². The van der Waals surface area contributed by atoms with Gasteiger partial charge in [-0.1, -0.05) is 42.0 Å². The minimum absolute atomic E-state index is 0.00755. The molecule has 0 atom stereocenters. The number of amides is 1. The lowest BCUT2D eigenvalue weighted by Gasteiger charge is -2.12. The van der Waals surface area contributed by atoms with Gasteiger partial charge in [0, 0.05) is 32.7 Å². The van der Waals surface area contributed by atoms with Gasteiger partial charge in [0.15, 0.2) is 5.96 Å². The lowest BCUT2D eigenvalue weighted by atomic mass is 10.1. The van der Waals surface area contributed by atoms with E-state index in [0.29, 0.717) is 12.1 Å². The van der Waals surface area contributed by atoms with Crippen LogP contribution in [-0.2, 0) is 13.1 Å². The highest BCUT2D eigenvalue weighted by atomic mass is 16.2. The Morgan fingerprint density at radius 3 is 2.15 bits per heavy atom. The summed E-state index contributed by atoms with van der Waals surface area (Å²) < 4.78 is 0. The van der Waals surface area contributed by atoms with Crippen LogP contribution in [0.5, 0.6) is 0 Å². The topological polar surface area (TPSA) is 56.7 Å². The third-order valence-corrected chi connectivity index (χ3v) is 3.95. The van der Waals surface area contributed by atoms with Crippen LogP contribution in [0.3, 0.4) is 0 Å². The second-order valence-corrected chi connectivity index (χ2v) is 6.43. The van der Waals surface area contributed by atoms with E-state index >= 15 is 0 Å². The fraction of sp³-hybridized carbons (Fsp3) is 0.333. The van der Waals surface area contributed by atoms with Crippen LogP contribution in [0.1, 0.15) is 34.0 Å². The van der Waals surface area contributed by atoms with Gasteiger partial charge in [-0.05, 0) is 37.1 Å². The third-order valence-electron chi connectivity index (χ3n) is 3.95. The standard InChI is InChI=1S/C21H28N4O/c1-5-22-21(23-14-17-8-6-16(2)7-9-17)24-15-18-10-12-19(13-11-18)20(26)25(3)4/h6-13H,5,14-15H2,1-4H3,(H2,22,23,24). The van der Waals surface area contributed by atoms with E-state index in [9.17, 15) is 4.79 Å². The Balaban J connectivity index is 1.97. The molecule has 2 aromatic rings. The van der Waals surface area contributed by atoms with Crippen LogP contribution in [0.25, 0.3) is 0 Å². The predicted molar refractivity (Wildman–Crippen MR) is 107 cm³/mol. The van der Waals surface area contributed by atoms with Gasteiger partial charge >= 0.3 is 0 Å². The van der Waals surface area contributed by atoms with E-state index in [1.54, 1.807) is 19.0 Å². The Labute approximate surface area is 156 Å². The van der Waals surface area contributed by atoms with Crippen molar-refractivity contribution < 1.29 is 4.79 Å². The van der Waals surface area contributed by atoms with Crippen LogP contribution in [0.15, 0.2) is 53.5 Å². The van der Waals surface area contributed by atoms with Crippen LogP contribution in [0.2, 0.25) is 0 Å². The molecule has 0 radical (unpaired) electrons. The number of aryl methyl sites for hydroxylation is 1. The molecule has 0 saturated heterocycles. The molecule has 0 fully saturated rings. The molecule has 0 aliphatic carbocycles. The summed E-state index contributed by atoms with van der Waals surface area (Å²) in [6.45, 7) is 6.21. The van der Waals surface area contributed by atoms with E-state index in [2.05, 4.69) is 46.8 Å². The molecule has 26 heavy (non-hydrogen) atoms. The number of carbonyl (C=O) groups excluding carboxylic acids is 1. The maximum absolute atomic E-state index is 11.9. The zero-order valence-corrected chi connectivity index (χ0v) is 16.0. The SMILES string of the molecule is CCNC(=NCc1ccc(C(=O)N(C)C)cc1)NCc1ccc(C)cc1. The minimum atomic E-state index is 0.00755. The summed E-state index contributed by atoms with van der Waals surface area (Å²) in [7, 11) is 3.51. The molecule has 0 unspecified atom stereocenters. The summed E-state index contributed by atoms with van der Waals surface area (Å²) in [6, 6.07) is 16.0. The molecule has 5 nitrogen and oxygen atoms in total. The van der Waals surface area contributed by atoms with Crippen molar-refractivity contribution in [3.63, 3.8) is 0 Å². The normalized spacial score (nSPS) is 11.2. The summed E-state index contributed by atoms with van der Waals surface area (Å²) in [5.41, 5.74) is 4.22. The molecule has 1 amide bonds. The highest BCUT2D eigenvalue weighted by molar-refractivity contribution is 5.93. The summed E-state index contributed by atoms with van der Waals surface area (Å²) in [5, 5.41) is 6.61. The number of aliphatic imine (C=N–C) groups is 1. The van der Waals surface area contributed by atoms with Crippen LogP contribution >= 0.6 is 0 Å². The molecule has 138 valence electrons. The number of hydrogen-bond acceptors (Lipinski definition) is 2. The van der Waals surface area contributed by atoms with Crippen LogP contribution in [0.4, 0.5) is 0 Å². The number of hydrogen-bond donors (Lipinski definition) is 2. The number of nitrogens with one attached hydrogen (secondary N) is 2. The average Bonchev–Trinajstić information content (AvgIpc) is 2.65. The average molecular weight is 352 g/mol. The first-order valence-electron chi connectivity index (χ1n) is 8.88. The Morgan fingerprint density at radius 2 is 1.58 bits per heavy atom.